The van der Waals surface area contributed by atoms with Gasteiger partial charge in [0.2, 0.25) is 0 Å². The molecule has 0 radical (unpaired) electrons. The molecule has 1 N–H and O–H groups in total. The summed E-state index contributed by atoms with van der Waals surface area (Å²) in [5, 5.41) is 9.79. The molecule has 2 aliphatic rings. The molecule has 2 aliphatic heterocycles. The Morgan fingerprint density at radius 3 is 2.54 bits per heavy atom. The van der Waals surface area contributed by atoms with Gasteiger partial charge in [0.05, 0.1) is 12.0 Å². The van der Waals surface area contributed by atoms with Gasteiger partial charge in [0.15, 0.2) is 0 Å². The SMILES string of the molecule is CN(C)S(=O)(=O)N1C[C@@H]2CN(Cc3ncccn3)C[C@]2(C(=O)O)C1. The lowest BCUT2D eigenvalue weighted by Gasteiger charge is -2.26. The molecule has 0 aliphatic carbocycles. The summed E-state index contributed by atoms with van der Waals surface area (Å²) in [5.41, 5.74) is -1.07. The highest BCUT2D eigenvalue weighted by Crippen LogP contribution is 2.44. The molecule has 24 heavy (non-hydrogen) atoms. The van der Waals surface area contributed by atoms with Gasteiger partial charge in [0, 0.05) is 58.6 Å². The summed E-state index contributed by atoms with van der Waals surface area (Å²) in [6, 6.07) is 1.73. The van der Waals surface area contributed by atoms with E-state index >= 15 is 0 Å². The Kier molecular flexibility index (Phi) is 4.32. The van der Waals surface area contributed by atoms with Crippen molar-refractivity contribution in [3.05, 3.63) is 24.3 Å². The zero-order valence-electron chi connectivity index (χ0n) is 13.7. The predicted molar refractivity (Wildman–Crippen MR) is 85.0 cm³/mol. The molecule has 0 saturated carbocycles. The highest BCUT2D eigenvalue weighted by molar-refractivity contribution is 7.86. The predicted octanol–water partition coefficient (Wildman–Crippen LogP) is -0.899. The molecule has 3 rings (SSSR count). The summed E-state index contributed by atoms with van der Waals surface area (Å²) in [6.45, 7) is 1.50. The Hall–Kier alpha value is -1.62. The van der Waals surface area contributed by atoms with Crippen molar-refractivity contribution in [3.63, 3.8) is 0 Å². The second kappa shape index (κ2) is 6.03. The van der Waals surface area contributed by atoms with Gasteiger partial charge < -0.3 is 5.11 Å². The van der Waals surface area contributed by atoms with Crippen LogP contribution in [-0.4, -0.2) is 83.2 Å². The standard InChI is InChI=1S/C14H21N5O4S/c1-17(2)24(22,23)19-7-11-6-18(8-12-15-4-3-5-16-12)9-14(11,10-19)13(20)21/h3-5,11H,6-10H2,1-2H3,(H,20,21)/t11-,14-/m0/s1. The number of carboxylic acids is 1. The van der Waals surface area contributed by atoms with Crippen LogP contribution in [0, 0.1) is 11.3 Å². The van der Waals surface area contributed by atoms with Gasteiger partial charge in [0.25, 0.3) is 10.2 Å². The lowest BCUT2D eigenvalue weighted by Crippen LogP contribution is -2.44. The first-order valence-electron chi connectivity index (χ1n) is 7.65. The van der Waals surface area contributed by atoms with Crippen LogP contribution < -0.4 is 0 Å². The Morgan fingerprint density at radius 2 is 2.00 bits per heavy atom. The van der Waals surface area contributed by atoms with E-state index in [0.29, 0.717) is 25.5 Å². The quantitative estimate of drug-likeness (QED) is 0.729. The molecule has 0 spiro atoms. The topological polar surface area (TPSA) is 107 Å². The second-order valence-corrected chi connectivity index (χ2v) is 8.72. The first-order chi connectivity index (χ1) is 11.3. The monoisotopic (exact) mass is 355 g/mol. The van der Waals surface area contributed by atoms with Crippen molar-refractivity contribution in [1.29, 1.82) is 0 Å². The van der Waals surface area contributed by atoms with Crippen LogP contribution in [0.2, 0.25) is 0 Å². The second-order valence-electron chi connectivity index (χ2n) is 6.58. The lowest BCUT2D eigenvalue weighted by molar-refractivity contribution is -0.148. The maximum Gasteiger partial charge on any atom is 0.312 e. The van der Waals surface area contributed by atoms with Crippen molar-refractivity contribution in [2.24, 2.45) is 11.3 Å². The summed E-state index contributed by atoms with van der Waals surface area (Å²) in [5.74, 6) is -0.551. The van der Waals surface area contributed by atoms with Crippen molar-refractivity contribution >= 4 is 16.2 Å². The van der Waals surface area contributed by atoms with E-state index in [4.69, 9.17) is 0 Å². The van der Waals surface area contributed by atoms with Crippen LogP contribution in [0.25, 0.3) is 0 Å². The highest BCUT2D eigenvalue weighted by atomic mass is 32.2. The molecule has 0 aromatic carbocycles. The highest BCUT2D eigenvalue weighted by Gasteiger charge is 2.59. The molecule has 0 amide bonds. The van der Waals surface area contributed by atoms with Gasteiger partial charge in [0.1, 0.15) is 5.82 Å². The van der Waals surface area contributed by atoms with E-state index in [2.05, 4.69) is 9.97 Å². The number of rotatable bonds is 5. The minimum absolute atomic E-state index is 0.000337. The zero-order chi connectivity index (χ0) is 17.5. The molecule has 9 nitrogen and oxygen atoms in total. The maximum atomic E-state index is 12.3. The first kappa shape index (κ1) is 17.2. The number of hydrogen-bond acceptors (Lipinski definition) is 6. The van der Waals surface area contributed by atoms with Crippen molar-refractivity contribution in [2.75, 3.05) is 40.3 Å². The molecule has 132 valence electrons. The third kappa shape index (κ3) is 2.79. The van der Waals surface area contributed by atoms with Gasteiger partial charge in [-0.15, -0.1) is 0 Å². The minimum atomic E-state index is -3.61. The third-order valence-corrected chi connectivity index (χ3v) is 6.70. The van der Waals surface area contributed by atoms with Crippen LogP contribution in [0.5, 0.6) is 0 Å². The van der Waals surface area contributed by atoms with E-state index in [1.54, 1.807) is 18.5 Å². The fourth-order valence-electron chi connectivity index (χ4n) is 3.56. The first-order valence-corrected chi connectivity index (χ1v) is 9.04. The van der Waals surface area contributed by atoms with E-state index < -0.39 is 21.6 Å². The molecular weight excluding hydrogens is 334 g/mol. The normalized spacial score (nSPS) is 28.4. The van der Waals surface area contributed by atoms with Crippen LogP contribution in [0.1, 0.15) is 5.82 Å². The van der Waals surface area contributed by atoms with E-state index in [1.165, 1.54) is 18.4 Å². The summed E-state index contributed by atoms with van der Waals surface area (Å²) < 4.78 is 27.1. The number of carbonyl (C=O) groups is 1. The van der Waals surface area contributed by atoms with Crippen LogP contribution in [0.4, 0.5) is 0 Å². The molecule has 0 unspecified atom stereocenters. The Morgan fingerprint density at radius 1 is 1.33 bits per heavy atom. The van der Waals surface area contributed by atoms with E-state index in [0.717, 1.165) is 4.31 Å². The zero-order valence-corrected chi connectivity index (χ0v) is 14.5. The van der Waals surface area contributed by atoms with Crippen LogP contribution in [0.3, 0.4) is 0 Å². The van der Waals surface area contributed by atoms with Gasteiger partial charge >= 0.3 is 5.97 Å². The van der Waals surface area contributed by atoms with Crippen molar-refractivity contribution in [2.45, 2.75) is 6.54 Å². The number of aliphatic carboxylic acids is 1. The van der Waals surface area contributed by atoms with Crippen molar-refractivity contribution < 1.29 is 18.3 Å². The number of likely N-dealkylation sites (tertiary alicyclic amines) is 1. The Labute approximate surface area is 141 Å². The number of nitrogens with zero attached hydrogens (tertiary/aromatic N) is 5. The molecule has 2 saturated heterocycles. The number of fused-ring (bicyclic) bond motifs is 1. The van der Waals surface area contributed by atoms with Gasteiger partial charge in [-0.3, -0.25) is 9.69 Å². The van der Waals surface area contributed by atoms with Crippen molar-refractivity contribution in [1.82, 2.24) is 23.5 Å². The molecular formula is C14H21N5O4S. The van der Waals surface area contributed by atoms with Crippen molar-refractivity contribution in [3.8, 4) is 0 Å². The number of carboxylic acid groups (broad SMARTS) is 1. The average Bonchev–Trinajstić information content (AvgIpc) is 3.03. The summed E-state index contributed by atoms with van der Waals surface area (Å²) in [7, 11) is -0.698. The summed E-state index contributed by atoms with van der Waals surface area (Å²) in [4.78, 5) is 22.3. The minimum Gasteiger partial charge on any atom is -0.481 e. The lowest BCUT2D eigenvalue weighted by atomic mass is 9.81. The molecule has 1 aromatic rings. The third-order valence-electron chi connectivity index (χ3n) is 4.85. The molecule has 3 heterocycles. The van der Waals surface area contributed by atoms with Crippen LogP contribution in [-0.2, 0) is 21.5 Å². The summed E-state index contributed by atoms with van der Waals surface area (Å²) >= 11 is 0. The average molecular weight is 355 g/mol. The molecule has 0 bridgehead atoms. The van der Waals surface area contributed by atoms with E-state index in [-0.39, 0.29) is 19.0 Å². The van der Waals surface area contributed by atoms with E-state index in [9.17, 15) is 18.3 Å². The van der Waals surface area contributed by atoms with Gasteiger partial charge in [-0.05, 0) is 6.07 Å². The number of aromatic nitrogens is 2. The van der Waals surface area contributed by atoms with Crippen LogP contribution in [0.15, 0.2) is 18.5 Å². The van der Waals surface area contributed by atoms with Crippen LogP contribution >= 0.6 is 0 Å². The Balaban J connectivity index is 1.78. The van der Waals surface area contributed by atoms with Gasteiger partial charge in [-0.2, -0.15) is 17.0 Å². The largest absolute Gasteiger partial charge is 0.481 e. The smallest absolute Gasteiger partial charge is 0.312 e. The fraction of sp³-hybridized carbons (Fsp3) is 0.643. The molecule has 2 atom stereocenters. The van der Waals surface area contributed by atoms with E-state index in [1.807, 2.05) is 4.90 Å². The fourth-order valence-corrected chi connectivity index (χ4v) is 4.79. The maximum absolute atomic E-state index is 12.3. The molecule has 1 aromatic heterocycles. The van der Waals surface area contributed by atoms with Gasteiger partial charge in [-0.1, -0.05) is 0 Å². The molecule has 10 heteroatoms. The molecule has 2 fully saturated rings. The Bertz CT molecular complexity index is 726. The summed E-state index contributed by atoms with van der Waals surface area (Å²) in [6.07, 6.45) is 3.30. The number of hydrogen-bond donors (Lipinski definition) is 1. The van der Waals surface area contributed by atoms with Gasteiger partial charge in [-0.25, -0.2) is 9.97 Å².